The predicted octanol–water partition coefficient (Wildman–Crippen LogP) is 4.03. The molecule has 1 heterocycles. The van der Waals surface area contributed by atoms with Gasteiger partial charge in [-0.3, -0.25) is 0 Å². The van der Waals surface area contributed by atoms with Crippen LogP contribution in [0.1, 0.15) is 56.6 Å². The monoisotopic (exact) mass is 261 g/mol. The average Bonchev–Trinajstić information content (AvgIpc) is 2.87. The minimum Gasteiger partial charge on any atom is -0.494 e. The van der Waals surface area contributed by atoms with Gasteiger partial charge in [0, 0.05) is 6.04 Å². The van der Waals surface area contributed by atoms with E-state index < -0.39 is 0 Å². The summed E-state index contributed by atoms with van der Waals surface area (Å²) in [5.74, 6) is 1.60. The summed E-state index contributed by atoms with van der Waals surface area (Å²) in [4.78, 5) is 0. The zero-order valence-corrected chi connectivity index (χ0v) is 12.5. The van der Waals surface area contributed by atoms with Crippen molar-refractivity contribution in [2.75, 3.05) is 13.2 Å². The highest BCUT2D eigenvalue weighted by Gasteiger charge is 2.13. The lowest BCUT2D eigenvalue weighted by Gasteiger charge is -2.13. The van der Waals surface area contributed by atoms with E-state index in [-0.39, 0.29) is 0 Å². The lowest BCUT2D eigenvalue weighted by atomic mass is 9.98. The van der Waals surface area contributed by atoms with Gasteiger partial charge >= 0.3 is 0 Å². The molecule has 1 aromatic carbocycles. The molecule has 0 saturated carbocycles. The third-order valence-corrected chi connectivity index (χ3v) is 3.99. The Bertz CT molecular complexity index is 394. The molecule has 1 aliphatic rings. The second-order valence-electron chi connectivity index (χ2n) is 5.96. The third kappa shape index (κ3) is 4.24. The first-order valence-electron chi connectivity index (χ1n) is 7.63. The van der Waals surface area contributed by atoms with Crippen LogP contribution in [0.15, 0.2) is 18.2 Å². The number of hydrogen-bond donors (Lipinski definition) is 1. The van der Waals surface area contributed by atoms with Crippen LogP contribution in [0.3, 0.4) is 0 Å². The summed E-state index contributed by atoms with van der Waals surface area (Å²) in [6, 6.07) is 7.21. The maximum atomic E-state index is 5.85. The molecule has 1 saturated heterocycles. The van der Waals surface area contributed by atoms with Crippen molar-refractivity contribution in [2.24, 2.45) is 0 Å². The summed E-state index contributed by atoms with van der Waals surface area (Å²) in [5, 5.41) is 3.53. The molecule has 1 aromatic rings. The summed E-state index contributed by atoms with van der Waals surface area (Å²) in [6.07, 6.45) is 5.05. The number of rotatable bonds is 6. The molecule has 2 rings (SSSR count). The van der Waals surface area contributed by atoms with E-state index in [1.54, 1.807) is 0 Å². The van der Waals surface area contributed by atoms with Crippen molar-refractivity contribution < 1.29 is 4.74 Å². The molecule has 0 amide bonds. The largest absolute Gasteiger partial charge is 0.494 e. The predicted molar refractivity (Wildman–Crippen MR) is 81.0 cm³/mol. The van der Waals surface area contributed by atoms with E-state index >= 15 is 0 Å². The average molecular weight is 261 g/mol. The first kappa shape index (κ1) is 14.4. The van der Waals surface area contributed by atoms with Crippen molar-refractivity contribution in [3.8, 4) is 5.75 Å². The smallest absolute Gasteiger partial charge is 0.119 e. The molecule has 0 aromatic heterocycles. The van der Waals surface area contributed by atoms with Crippen molar-refractivity contribution in [1.82, 2.24) is 5.32 Å². The van der Waals surface area contributed by atoms with Crippen molar-refractivity contribution >= 4 is 0 Å². The van der Waals surface area contributed by atoms with Crippen molar-refractivity contribution in [3.05, 3.63) is 29.3 Å². The van der Waals surface area contributed by atoms with Gasteiger partial charge < -0.3 is 10.1 Å². The van der Waals surface area contributed by atoms with Gasteiger partial charge in [0.25, 0.3) is 0 Å². The van der Waals surface area contributed by atoms with Gasteiger partial charge in [-0.15, -0.1) is 0 Å². The Morgan fingerprint density at radius 2 is 2.21 bits per heavy atom. The lowest BCUT2D eigenvalue weighted by molar-refractivity contribution is 0.298. The molecule has 0 spiro atoms. The minimum atomic E-state index is 0.586. The topological polar surface area (TPSA) is 21.3 Å². The molecule has 0 bridgehead atoms. The van der Waals surface area contributed by atoms with E-state index in [1.807, 2.05) is 0 Å². The molecule has 106 valence electrons. The van der Waals surface area contributed by atoms with Gasteiger partial charge in [-0.25, -0.2) is 0 Å². The zero-order valence-electron chi connectivity index (χ0n) is 12.5. The first-order valence-corrected chi connectivity index (χ1v) is 7.63. The third-order valence-electron chi connectivity index (χ3n) is 3.99. The Hall–Kier alpha value is -1.02. The fraction of sp³-hybridized carbons (Fsp3) is 0.647. The number of ether oxygens (including phenoxy) is 1. The van der Waals surface area contributed by atoms with Crippen LogP contribution < -0.4 is 10.1 Å². The van der Waals surface area contributed by atoms with Crippen LogP contribution in [-0.4, -0.2) is 19.2 Å². The highest BCUT2D eigenvalue weighted by atomic mass is 16.5. The second kappa shape index (κ2) is 6.95. The maximum Gasteiger partial charge on any atom is 0.119 e. The van der Waals surface area contributed by atoms with Gasteiger partial charge in [-0.1, -0.05) is 19.9 Å². The van der Waals surface area contributed by atoms with Crippen molar-refractivity contribution in [3.63, 3.8) is 0 Å². The van der Waals surface area contributed by atoms with E-state index in [2.05, 4.69) is 44.3 Å². The van der Waals surface area contributed by atoms with Crippen LogP contribution in [-0.2, 0) is 0 Å². The standard InChI is InChI=1S/C17H27NO/c1-13(2)17-9-8-16(12-14(17)3)19-11-5-7-15-6-4-10-18-15/h8-9,12-13,15,18H,4-7,10-11H2,1-3H3. The maximum absolute atomic E-state index is 5.85. The Kier molecular flexibility index (Phi) is 5.26. The molecule has 1 unspecified atom stereocenters. The quantitative estimate of drug-likeness (QED) is 0.781. The number of nitrogens with one attached hydrogen (secondary N) is 1. The van der Waals surface area contributed by atoms with Gasteiger partial charge in [0.05, 0.1) is 6.61 Å². The van der Waals surface area contributed by atoms with Gasteiger partial charge in [0.1, 0.15) is 5.75 Å². The molecule has 1 aliphatic heterocycles. The summed E-state index contributed by atoms with van der Waals surface area (Å²) in [7, 11) is 0. The first-order chi connectivity index (χ1) is 9.16. The van der Waals surface area contributed by atoms with E-state index in [1.165, 1.54) is 36.9 Å². The summed E-state index contributed by atoms with van der Waals surface area (Å²) in [6.45, 7) is 8.67. The molecular formula is C17H27NO. The fourth-order valence-electron chi connectivity index (χ4n) is 2.91. The molecule has 0 aliphatic carbocycles. The fourth-order valence-corrected chi connectivity index (χ4v) is 2.91. The Morgan fingerprint density at radius 1 is 1.37 bits per heavy atom. The highest BCUT2D eigenvalue weighted by Crippen LogP contribution is 2.23. The Morgan fingerprint density at radius 3 is 2.84 bits per heavy atom. The van der Waals surface area contributed by atoms with Crippen molar-refractivity contribution in [2.45, 2.75) is 58.4 Å². The van der Waals surface area contributed by atoms with Crippen molar-refractivity contribution in [1.29, 1.82) is 0 Å². The Balaban J connectivity index is 1.74. The Labute approximate surface area is 117 Å². The van der Waals surface area contributed by atoms with E-state index in [0.29, 0.717) is 5.92 Å². The zero-order chi connectivity index (χ0) is 13.7. The van der Waals surface area contributed by atoms with Gasteiger partial charge in [-0.05, 0) is 68.3 Å². The second-order valence-corrected chi connectivity index (χ2v) is 5.96. The van der Waals surface area contributed by atoms with Gasteiger partial charge in [0.15, 0.2) is 0 Å². The highest BCUT2D eigenvalue weighted by molar-refractivity contribution is 5.36. The van der Waals surface area contributed by atoms with Crippen LogP contribution >= 0.6 is 0 Å². The summed E-state index contributed by atoms with van der Waals surface area (Å²) >= 11 is 0. The van der Waals surface area contributed by atoms with Crippen LogP contribution in [0.4, 0.5) is 0 Å². The van der Waals surface area contributed by atoms with Crippen LogP contribution in [0.25, 0.3) is 0 Å². The summed E-state index contributed by atoms with van der Waals surface area (Å²) < 4.78 is 5.85. The van der Waals surface area contributed by atoms with E-state index in [4.69, 9.17) is 4.74 Å². The molecule has 2 heteroatoms. The van der Waals surface area contributed by atoms with Gasteiger partial charge in [0.2, 0.25) is 0 Å². The normalized spacial score (nSPS) is 19.1. The molecule has 19 heavy (non-hydrogen) atoms. The lowest BCUT2D eigenvalue weighted by Crippen LogP contribution is -2.21. The molecule has 1 N–H and O–H groups in total. The molecule has 1 atom stereocenters. The molecular weight excluding hydrogens is 234 g/mol. The molecule has 2 nitrogen and oxygen atoms in total. The van der Waals surface area contributed by atoms with Crippen LogP contribution in [0.2, 0.25) is 0 Å². The number of aryl methyl sites for hydroxylation is 1. The molecule has 1 fully saturated rings. The number of benzene rings is 1. The molecule has 0 radical (unpaired) electrons. The number of hydrogen-bond acceptors (Lipinski definition) is 2. The van der Waals surface area contributed by atoms with Crippen LogP contribution in [0, 0.1) is 6.92 Å². The van der Waals surface area contributed by atoms with Crippen LogP contribution in [0.5, 0.6) is 5.75 Å². The van der Waals surface area contributed by atoms with E-state index in [9.17, 15) is 0 Å². The van der Waals surface area contributed by atoms with Gasteiger partial charge in [-0.2, -0.15) is 0 Å². The van der Waals surface area contributed by atoms with E-state index in [0.717, 1.165) is 24.8 Å². The summed E-state index contributed by atoms with van der Waals surface area (Å²) in [5.41, 5.74) is 2.76. The minimum absolute atomic E-state index is 0.586. The SMILES string of the molecule is Cc1cc(OCCCC2CCCN2)ccc1C(C)C.